The summed E-state index contributed by atoms with van der Waals surface area (Å²) in [5, 5.41) is 54.2. The van der Waals surface area contributed by atoms with Crippen LogP contribution in [0.1, 0.15) is 174 Å². The van der Waals surface area contributed by atoms with Gasteiger partial charge in [-0.1, -0.05) is 165 Å². The Kier molecular flexibility index (Phi) is 33.0. The van der Waals surface area contributed by atoms with E-state index in [1.165, 1.54) is 77.0 Å². The first kappa shape index (κ1) is 50.2. The van der Waals surface area contributed by atoms with Crippen molar-refractivity contribution in [3.05, 3.63) is 48.6 Å². The molecule has 54 heavy (non-hydrogen) atoms. The van der Waals surface area contributed by atoms with Crippen molar-refractivity contribution in [3.63, 3.8) is 0 Å². The summed E-state index contributed by atoms with van der Waals surface area (Å²) in [5.41, 5.74) is 0. The van der Waals surface area contributed by atoms with Gasteiger partial charge >= 0.3 is 0 Å². The molecule has 0 aromatic carbocycles. The lowest BCUT2D eigenvalue weighted by Crippen LogP contribution is -2.60. The highest BCUT2D eigenvalue weighted by Gasteiger charge is 2.44. The van der Waals surface area contributed by atoms with Gasteiger partial charge in [-0.05, 0) is 51.4 Å². The number of ether oxygens (including phenoxy) is 2. The highest BCUT2D eigenvalue weighted by molar-refractivity contribution is 5.76. The van der Waals surface area contributed by atoms with Gasteiger partial charge in [0.1, 0.15) is 24.4 Å². The summed E-state index contributed by atoms with van der Waals surface area (Å²) in [6, 6.07) is -0.722. The molecule has 0 saturated carbocycles. The number of rotatable bonds is 35. The molecular weight excluding hydrogens is 682 g/mol. The van der Waals surface area contributed by atoms with Crippen molar-refractivity contribution in [3.8, 4) is 0 Å². The van der Waals surface area contributed by atoms with Gasteiger partial charge in [-0.15, -0.1) is 0 Å². The largest absolute Gasteiger partial charge is 0.394 e. The zero-order valence-electron chi connectivity index (χ0n) is 34.2. The summed E-state index contributed by atoms with van der Waals surface area (Å²) in [4.78, 5) is 12.9. The number of hydrogen-bond donors (Lipinski definition) is 6. The van der Waals surface area contributed by atoms with Crippen molar-refractivity contribution in [2.75, 3.05) is 13.2 Å². The predicted octanol–water partition coefficient (Wildman–Crippen LogP) is 8.67. The topological polar surface area (TPSA) is 149 Å². The van der Waals surface area contributed by atoms with Gasteiger partial charge in [-0.3, -0.25) is 4.79 Å². The van der Waals surface area contributed by atoms with Gasteiger partial charge in [0.25, 0.3) is 0 Å². The Morgan fingerprint density at radius 1 is 0.648 bits per heavy atom. The van der Waals surface area contributed by atoms with Crippen molar-refractivity contribution in [2.24, 2.45) is 0 Å². The van der Waals surface area contributed by atoms with Gasteiger partial charge in [0.05, 0.1) is 25.4 Å². The molecule has 9 heteroatoms. The smallest absolute Gasteiger partial charge is 0.220 e. The second-order valence-electron chi connectivity index (χ2n) is 15.1. The van der Waals surface area contributed by atoms with Gasteiger partial charge < -0.3 is 40.3 Å². The molecule has 0 aliphatic carbocycles. The average molecular weight is 764 g/mol. The summed E-state index contributed by atoms with van der Waals surface area (Å²) < 4.78 is 11.2. The quantitative estimate of drug-likeness (QED) is 0.0278. The van der Waals surface area contributed by atoms with E-state index in [2.05, 4.69) is 67.8 Å². The van der Waals surface area contributed by atoms with Crippen molar-refractivity contribution >= 4 is 5.91 Å². The zero-order chi connectivity index (χ0) is 39.5. The van der Waals surface area contributed by atoms with Crippen LogP contribution < -0.4 is 5.32 Å². The zero-order valence-corrected chi connectivity index (χ0v) is 34.2. The normalized spacial score (nSPS) is 21.9. The summed E-state index contributed by atoms with van der Waals surface area (Å²) in [6.45, 7) is 3.68. The molecule has 1 amide bonds. The average Bonchev–Trinajstić information content (AvgIpc) is 3.17. The Morgan fingerprint density at radius 3 is 1.70 bits per heavy atom. The van der Waals surface area contributed by atoms with Crippen LogP contribution in [-0.2, 0) is 14.3 Å². The van der Waals surface area contributed by atoms with Crippen LogP contribution in [0.4, 0.5) is 0 Å². The Bertz CT molecular complexity index is 983. The van der Waals surface area contributed by atoms with E-state index in [4.69, 9.17) is 9.47 Å². The number of aliphatic hydroxyl groups is 5. The van der Waals surface area contributed by atoms with Crippen molar-refractivity contribution in [1.29, 1.82) is 0 Å². The van der Waals surface area contributed by atoms with Crippen LogP contribution in [0.15, 0.2) is 48.6 Å². The fourth-order valence-corrected chi connectivity index (χ4v) is 6.68. The standard InChI is InChI=1S/C45H81NO8/c1-3-5-7-9-11-13-15-16-17-18-19-20-21-22-23-24-25-27-29-31-33-35-41(49)46-38(37-53-45-44(52)43(51)42(50)40(36-47)54-45)39(48)34-32-30-28-26-14-12-10-8-6-4-2/h5,7,11,13,16-17,19-20,38-40,42-45,47-48,50-52H,3-4,6,8-10,12,14-15,18,21-37H2,1-2H3,(H,46,49)/b7-5-,13-11-,17-16-,20-19-. The number of amides is 1. The first-order valence-electron chi connectivity index (χ1n) is 21.8. The van der Waals surface area contributed by atoms with Gasteiger partial charge in [0.2, 0.25) is 5.91 Å². The van der Waals surface area contributed by atoms with E-state index in [0.29, 0.717) is 12.8 Å². The van der Waals surface area contributed by atoms with Crippen LogP contribution in [-0.4, -0.2) is 87.5 Å². The van der Waals surface area contributed by atoms with Crippen molar-refractivity contribution < 1.29 is 39.8 Å². The minimum atomic E-state index is -1.55. The highest BCUT2D eigenvalue weighted by atomic mass is 16.7. The second kappa shape index (κ2) is 35.6. The molecule has 0 bridgehead atoms. The molecule has 0 radical (unpaired) electrons. The molecule has 7 unspecified atom stereocenters. The molecule has 1 fully saturated rings. The van der Waals surface area contributed by atoms with E-state index in [-0.39, 0.29) is 12.5 Å². The molecule has 0 spiro atoms. The SMILES string of the molecule is CC/C=C\C/C=C\C/C=C\C/C=C\CCCCCCCCCCC(=O)NC(COC1OC(CO)C(O)C(O)C1O)C(O)CCCCCCCCCCCC. The number of allylic oxidation sites excluding steroid dienone is 8. The number of carbonyl (C=O) groups excluding carboxylic acids is 1. The lowest BCUT2D eigenvalue weighted by Gasteiger charge is -2.40. The summed E-state index contributed by atoms with van der Waals surface area (Å²) >= 11 is 0. The van der Waals surface area contributed by atoms with E-state index >= 15 is 0 Å². The minimum absolute atomic E-state index is 0.143. The number of nitrogens with one attached hydrogen (secondary N) is 1. The van der Waals surface area contributed by atoms with Crippen LogP contribution in [0.25, 0.3) is 0 Å². The maximum atomic E-state index is 12.9. The molecular formula is C45H81NO8. The second-order valence-corrected chi connectivity index (χ2v) is 15.1. The molecule has 1 aliphatic heterocycles. The highest BCUT2D eigenvalue weighted by Crippen LogP contribution is 2.23. The fraction of sp³-hybridized carbons (Fsp3) is 0.800. The van der Waals surface area contributed by atoms with Crippen molar-refractivity contribution in [2.45, 2.75) is 217 Å². The summed E-state index contributed by atoms with van der Waals surface area (Å²) in [6.07, 6.45) is 36.9. The maximum absolute atomic E-state index is 12.9. The molecule has 0 aromatic heterocycles. The van der Waals surface area contributed by atoms with Gasteiger partial charge in [0.15, 0.2) is 6.29 Å². The third-order valence-electron chi connectivity index (χ3n) is 10.2. The van der Waals surface area contributed by atoms with E-state index in [0.717, 1.165) is 70.6 Å². The number of unbranched alkanes of at least 4 members (excludes halogenated alkanes) is 17. The predicted molar refractivity (Wildman–Crippen MR) is 221 cm³/mol. The third kappa shape index (κ3) is 26.1. The van der Waals surface area contributed by atoms with Gasteiger partial charge in [0, 0.05) is 6.42 Å². The molecule has 1 saturated heterocycles. The molecule has 7 atom stereocenters. The molecule has 0 aromatic rings. The lowest BCUT2D eigenvalue weighted by atomic mass is 9.99. The van der Waals surface area contributed by atoms with E-state index in [1.807, 2.05) is 0 Å². The van der Waals surface area contributed by atoms with Crippen LogP contribution in [0, 0.1) is 0 Å². The summed E-state index contributed by atoms with van der Waals surface area (Å²) in [5.74, 6) is -0.157. The number of carbonyl (C=O) groups is 1. The Labute approximate surface area is 329 Å². The number of aliphatic hydroxyl groups excluding tert-OH is 5. The van der Waals surface area contributed by atoms with Crippen molar-refractivity contribution in [1.82, 2.24) is 5.32 Å². The van der Waals surface area contributed by atoms with Gasteiger partial charge in [-0.25, -0.2) is 0 Å². The van der Waals surface area contributed by atoms with Crippen LogP contribution in [0.2, 0.25) is 0 Å². The Hall–Kier alpha value is -1.85. The molecule has 9 nitrogen and oxygen atoms in total. The fourth-order valence-electron chi connectivity index (χ4n) is 6.68. The molecule has 1 heterocycles. The number of hydrogen-bond acceptors (Lipinski definition) is 8. The molecule has 1 aliphatic rings. The van der Waals surface area contributed by atoms with E-state index < -0.39 is 49.5 Å². The lowest BCUT2D eigenvalue weighted by molar-refractivity contribution is -0.302. The summed E-state index contributed by atoms with van der Waals surface area (Å²) in [7, 11) is 0. The first-order chi connectivity index (χ1) is 26.3. The van der Waals surface area contributed by atoms with Crippen LogP contribution >= 0.6 is 0 Å². The third-order valence-corrected chi connectivity index (χ3v) is 10.2. The van der Waals surface area contributed by atoms with Crippen LogP contribution in [0.5, 0.6) is 0 Å². The Morgan fingerprint density at radius 2 is 1.15 bits per heavy atom. The molecule has 314 valence electrons. The van der Waals surface area contributed by atoms with Gasteiger partial charge in [-0.2, -0.15) is 0 Å². The molecule has 6 N–H and O–H groups in total. The van der Waals surface area contributed by atoms with E-state index in [1.54, 1.807) is 0 Å². The first-order valence-corrected chi connectivity index (χ1v) is 21.8. The van der Waals surface area contributed by atoms with E-state index in [9.17, 15) is 30.3 Å². The molecule has 1 rings (SSSR count). The van der Waals surface area contributed by atoms with Crippen LogP contribution in [0.3, 0.4) is 0 Å². The Balaban J connectivity index is 2.31. The minimum Gasteiger partial charge on any atom is -0.394 e. The monoisotopic (exact) mass is 764 g/mol. The maximum Gasteiger partial charge on any atom is 0.220 e.